The minimum Gasteiger partial charge on any atom is -0.437 e. The van der Waals surface area contributed by atoms with Crippen LogP contribution < -0.4 is 10.7 Å². The van der Waals surface area contributed by atoms with Crippen molar-refractivity contribution in [3.8, 4) is 0 Å². The molecule has 1 N–H and O–H groups in total. The molecule has 0 saturated carbocycles. The molecule has 0 aliphatic carbocycles. The Kier molecular flexibility index (Phi) is 4.50. The molecule has 0 radical (unpaired) electrons. The number of carbonyl (C=O) groups is 1. The molecular formula is C20H12F3N3O3. The molecule has 1 amide bonds. The molecule has 146 valence electrons. The largest absolute Gasteiger partial charge is 0.437 e. The third-order valence-corrected chi connectivity index (χ3v) is 4.26. The quantitative estimate of drug-likeness (QED) is 0.531. The summed E-state index contributed by atoms with van der Waals surface area (Å²) >= 11 is 0. The smallest absolute Gasteiger partial charge is 0.434 e. The van der Waals surface area contributed by atoms with Gasteiger partial charge in [-0.25, -0.2) is 4.98 Å². The molecule has 0 unspecified atom stereocenters. The molecule has 4 rings (SSSR count). The molecule has 29 heavy (non-hydrogen) atoms. The number of halogens is 3. The van der Waals surface area contributed by atoms with Crippen LogP contribution in [0.5, 0.6) is 0 Å². The number of hydrogen-bond acceptors (Lipinski definition) is 5. The Balaban J connectivity index is 1.84. The predicted octanol–water partition coefficient (Wildman–Crippen LogP) is 3.69. The normalized spacial score (nSPS) is 11.7. The molecule has 0 atom stereocenters. The summed E-state index contributed by atoms with van der Waals surface area (Å²) in [5.74, 6) is -1.01. The van der Waals surface area contributed by atoms with E-state index in [1.807, 2.05) is 0 Å². The molecule has 0 spiro atoms. The summed E-state index contributed by atoms with van der Waals surface area (Å²) < 4.78 is 46.0. The predicted molar refractivity (Wildman–Crippen MR) is 98.2 cm³/mol. The zero-order valence-electron chi connectivity index (χ0n) is 14.7. The maximum atomic E-state index is 13.5. The van der Waals surface area contributed by atoms with Gasteiger partial charge in [-0.2, -0.15) is 13.2 Å². The van der Waals surface area contributed by atoms with Crippen LogP contribution in [0.15, 0.2) is 64.1 Å². The minimum absolute atomic E-state index is 0.0334. The van der Waals surface area contributed by atoms with Crippen molar-refractivity contribution in [2.75, 3.05) is 0 Å². The number of carbonyl (C=O) groups excluding carboxylic acids is 1. The van der Waals surface area contributed by atoms with Crippen molar-refractivity contribution < 1.29 is 22.4 Å². The van der Waals surface area contributed by atoms with Crippen molar-refractivity contribution in [3.63, 3.8) is 0 Å². The number of hydrogen-bond donors (Lipinski definition) is 1. The topological polar surface area (TPSA) is 85.1 Å². The second-order valence-corrected chi connectivity index (χ2v) is 6.21. The van der Waals surface area contributed by atoms with Crippen LogP contribution in [0.25, 0.3) is 22.1 Å². The summed E-state index contributed by atoms with van der Waals surface area (Å²) in [6.45, 7) is -0.0334. The summed E-state index contributed by atoms with van der Waals surface area (Å²) in [4.78, 5) is 32.5. The first-order valence-corrected chi connectivity index (χ1v) is 8.45. The van der Waals surface area contributed by atoms with Crippen molar-refractivity contribution in [2.45, 2.75) is 12.7 Å². The number of nitrogens with one attached hydrogen (secondary N) is 1. The van der Waals surface area contributed by atoms with Crippen molar-refractivity contribution in [2.24, 2.45) is 0 Å². The second-order valence-electron chi connectivity index (χ2n) is 6.21. The van der Waals surface area contributed by atoms with Gasteiger partial charge in [0.2, 0.25) is 11.1 Å². The lowest BCUT2D eigenvalue weighted by molar-refractivity contribution is -0.141. The molecule has 0 saturated heterocycles. The highest BCUT2D eigenvalue weighted by molar-refractivity contribution is 5.99. The molecule has 0 bridgehead atoms. The maximum absolute atomic E-state index is 13.5. The molecular weight excluding hydrogens is 387 g/mol. The van der Waals surface area contributed by atoms with Gasteiger partial charge in [-0.3, -0.25) is 14.6 Å². The van der Waals surface area contributed by atoms with Crippen LogP contribution >= 0.6 is 0 Å². The van der Waals surface area contributed by atoms with E-state index in [-0.39, 0.29) is 22.9 Å². The highest BCUT2D eigenvalue weighted by atomic mass is 19.4. The fraction of sp³-hybridized carbons (Fsp3) is 0.100. The van der Waals surface area contributed by atoms with Crippen molar-refractivity contribution in [3.05, 3.63) is 81.9 Å². The van der Waals surface area contributed by atoms with Gasteiger partial charge in [-0.05, 0) is 29.8 Å². The number of fused-ring (bicyclic) bond motifs is 2. The van der Waals surface area contributed by atoms with Gasteiger partial charge in [0.25, 0.3) is 5.91 Å². The monoisotopic (exact) mass is 399 g/mol. The van der Waals surface area contributed by atoms with E-state index in [1.165, 1.54) is 24.5 Å². The van der Waals surface area contributed by atoms with E-state index in [9.17, 15) is 22.8 Å². The Bertz CT molecular complexity index is 1280. The van der Waals surface area contributed by atoms with Gasteiger partial charge in [-0.15, -0.1) is 0 Å². The van der Waals surface area contributed by atoms with Crippen molar-refractivity contribution >= 4 is 28.0 Å². The number of nitrogens with zero attached hydrogens (tertiary/aromatic N) is 2. The summed E-state index contributed by atoms with van der Waals surface area (Å²) in [6, 6.07) is 10.3. The van der Waals surface area contributed by atoms with Crippen LogP contribution in [0.2, 0.25) is 0 Å². The van der Waals surface area contributed by atoms with E-state index in [2.05, 4.69) is 15.3 Å². The maximum Gasteiger partial charge on any atom is 0.434 e. The SMILES string of the molecule is O=C(NCc1cccnc1)c1cc2c(=O)c3ccccc3oc2nc1C(F)(F)F. The minimum atomic E-state index is -4.92. The lowest BCUT2D eigenvalue weighted by Crippen LogP contribution is -2.27. The van der Waals surface area contributed by atoms with Crippen LogP contribution in [-0.4, -0.2) is 15.9 Å². The van der Waals surface area contributed by atoms with Crippen LogP contribution in [0.3, 0.4) is 0 Å². The van der Waals surface area contributed by atoms with E-state index in [0.717, 1.165) is 6.07 Å². The summed E-state index contributed by atoms with van der Waals surface area (Å²) in [5, 5.41) is 2.38. The van der Waals surface area contributed by atoms with Crippen LogP contribution in [0, 0.1) is 0 Å². The number of amides is 1. The van der Waals surface area contributed by atoms with E-state index >= 15 is 0 Å². The molecule has 0 fully saturated rings. The van der Waals surface area contributed by atoms with Gasteiger partial charge in [-0.1, -0.05) is 18.2 Å². The van der Waals surface area contributed by atoms with Gasteiger partial charge in [0.15, 0.2) is 5.69 Å². The number of aromatic nitrogens is 2. The Labute approximate surface area is 161 Å². The standard InChI is InChI=1S/C20H12F3N3O3/c21-20(22,23)17-14(18(28)25-10-11-4-3-7-24-9-11)8-13-16(27)12-5-1-2-6-15(12)29-19(13)26-17/h1-9H,10H2,(H,25,28). The zero-order chi connectivity index (χ0) is 20.6. The van der Waals surface area contributed by atoms with Crippen LogP contribution in [0.4, 0.5) is 13.2 Å². The number of rotatable bonds is 3. The third kappa shape index (κ3) is 3.54. The molecule has 4 aromatic rings. The van der Waals surface area contributed by atoms with Gasteiger partial charge in [0, 0.05) is 18.9 Å². The van der Waals surface area contributed by atoms with Crippen LogP contribution in [0.1, 0.15) is 21.6 Å². The first kappa shape index (κ1) is 18.6. The number of para-hydroxylation sites is 1. The molecule has 3 aromatic heterocycles. The lowest BCUT2D eigenvalue weighted by atomic mass is 10.1. The first-order valence-electron chi connectivity index (χ1n) is 8.45. The summed E-state index contributed by atoms with van der Waals surface area (Å²) in [5.41, 5.74) is -2.51. The van der Waals surface area contributed by atoms with E-state index in [0.29, 0.717) is 5.56 Å². The summed E-state index contributed by atoms with van der Waals surface area (Å²) in [6.07, 6.45) is -1.91. The second kappa shape index (κ2) is 7.01. The first-order chi connectivity index (χ1) is 13.8. The van der Waals surface area contributed by atoms with Crippen molar-refractivity contribution in [1.29, 1.82) is 0 Å². The fourth-order valence-corrected chi connectivity index (χ4v) is 2.90. The highest BCUT2D eigenvalue weighted by Gasteiger charge is 2.38. The molecule has 3 heterocycles. The van der Waals surface area contributed by atoms with E-state index in [4.69, 9.17) is 4.42 Å². The number of benzene rings is 1. The molecule has 6 nitrogen and oxygen atoms in total. The Morgan fingerprint density at radius 2 is 1.90 bits per heavy atom. The molecule has 0 aliphatic heterocycles. The van der Waals surface area contributed by atoms with Crippen LogP contribution in [-0.2, 0) is 12.7 Å². The summed E-state index contributed by atoms with van der Waals surface area (Å²) in [7, 11) is 0. The third-order valence-electron chi connectivity index (χ3n) is 4.26. The molecule has 9 heteroatoms. The Hall–Kier alpha value is -3.75. The number of alkyl halides is 3. The highest BCUT2D eigenvalue weighted by Crippen LogP contribution is 2.32. The van der Waals surface area contributed by atoms with Gasteiger partial charge in [0.05, 0.1) is 16.3 Å². The van der Waals surface area contributed by atoms with E-state index < -0.39 is 34.5 Å². The fourth-order valence-electron chi connectivity index (χ4n) is 2.90. The Morgan fingerprint density at radius 3 is 2.62 bits per heavy atom. The Morgan fingerprint density at radius 1 is 1.10 bits per heavy atom. The molecule has 1 aromatic carbocycles. The molecule has 0 aliphatic rings. The lowest BCUT2D eigenvalue weighted by Gasteiger charge is -2.13. The van der Waals surface area contributed by atoms with Gasteiger partial charge in [0.1, 0.15) is 5.58 Å². The van der Waals surface area contributed by atoms with Gasteiger partial charge >= 0.3 is 6.18 Å². The van der Waals surface area contributed by atoms with Crippen molar-refractivity contribution in [1.82, 2.24) is 15.3 Å². The average Bonchev–Trinajstić information content (AvgIpc) is 2.71. The number of pyridine rings is 2. The zero-order valence-corrected chi connectivity index (χ0v) is 14.7. The van der Waals surface area contributed by atoms with E-state index in [1.54, 1.807) is 24.3 Å². The van der Waals surface area contributed by atoms with Gasteiger partial charge < -0.3 is 9.73 Å². The average molecular weight is 399 g/mol.